The molecule has 240 valence electrons. The molecule has 0 heterocycles. The number of amides is 2. The van der Waals surface area contributed by atoms with Gasteiger partial charge >= 0.3 is 0 Å². The van der Waals surface area contributed by atoms with E-state index in [1.807, 2.05) is 50.5 Å². The van der Waals surface area contributed by atoms with Crippen LogP contribution in [-0.2, 0) is 19.3 Å². The number of fused-ring (bicyclic) bond motifs is 3. The molecule has 12 heteroatoms. The Kier molecular flexibility index (Phi) is 11.2. The number of carbonyl (C=O) groups is 2. The topological polar surface area (TPSA) is 80.8 Å². The van der Waals surface area contributed by atoms with Crippen LogP contribution in [0.25, 0.3) is 0 Å². The van der Waals surface area contributed by atoms with Crippen LogP contribution >= 0.6 is 35.7 Å². The average molecular weight is 670 g/mol. The molecule has 3 aromatic carbocycles. The summed E-state index contributed by atoms with van der Waals surface area (Å²) in [5.74, 6) is 2.34. The maximum atomic E-state index is 12.7. The highest BCUT2D eigenvalue weighted by atomic mass is 32.2. The molecule has 0 atom stereocenters. The monoisotopic (exact) mass is 669 g/mol. The van der Waals surface area contributed by atoms with Crippen LogP contribution in [0.4, 0.5) is 9.59 Å². The zero-order valence-corrected chi connectivity index (χ0v) is 29.6. The largest absolute Gasteiger partial charge is 0.496 e. The molecule has 0 saturated carbocycles. The molecule has 9 nitrogen and oxygen atoms in total. The summed E-state index contributed by atoms with van der Waals surface area (Å²) < 4.78 is 23.4. The first-order valence-electron chi connectivity index (χ1n) is 14.1. The van der Waals surface area contributed by atoms with E-state index < -0.39 is 0 Å². The lowest BCUT2D eigenvalue weighted by Gasteiger charge is -2.20. The second kappa shape index (κ2) is 14.7. The molecule has 0 aliphatic heterocycles. The fraction of sp³-hybridized carbons (Fsp3) is 0.364. The molecule has 0 N–H and O–H groups in total. The Morgan fingerprint density at radius 3 is 1.22 bits per heavy atom. The van der Waals surface area contributed by atoms with Crippen LogP contribution in [-0.4, -0.2) is 94.0 Å². The van der Waals surface area contributed by atoms with E-state index in [2.05, 4.69) is 0 Å². The summed E-state index contributed by atoms with van der Waals surface area (Å²) in [6, 6.07) is 12.1. The van der Waals surface area contributed by atoms with E-state index in [-0.39, 0.29) is 10.5 Å². The van der Waals surface area contributed by atoms with Gasteiger partial charge in [-0.3, -0.25) is 9.59 Å². The number of thioether (sulfide) groups is 2. The molecular formula is C33H39N3O6S3. The second-order valence-electron chi connectivity index (χ2n) is 11.1. The van der Waals surface area contributed by atoms with Gasteiger partial charge < -0.3 is 33.6 Å². The molecule has 2 amide bonds. The van der Waals surface area contributed by atoms with E-state index in [0.717, 1.165) is 66.7 Å². The van der Waals surface area contributed by atoms with Crippen molar-refractivity contribution in [3.05, 3.63) is 69.8 Å². The smallest absolute Gasteiger partial charge is 0.286 e. The van der Waals surface area contributed by atoms with Gasteiger partial charge in [0.05, 0.1) is 31.1 Å². The third-order valence-electron chi connectivity index (χ3n) is 7.29. The molecule has 0 bridgehead atoms. The highest BCUT2D eigenvalue weighted by Crippen LogP contribution is 2.41. The van der Waals surface area contributed by atoms with Gasteiger partial charge in [0.2, 0.25) is 0 Å². The number of benzene rings is 3. The fourth-order valence-electron chi connectivity index (χ4n) is 4.81. The van der Waals surface area contributed by atoms with E-state index in [1.54, 1.807) is 64.2 Å². The van der Waals surface area contributed by atoms with E-state index in [9.17, 15) is 9.59 Å². The SMILES string of the molecule is COc1cc2c(cc1OC(=S)N(C)C)Cc1cc(OC)c(SC(=O)N(C)C)cc1Cc1cc(OC)c(SC(=O)N(C)C)cc1C2. The van der Waals surface area contributed by atoms with Gasteiger partial charge in [-0.15, -0.1) is 0 Å². The first-order chi connectivity index (χ1) is 21.3. The molecule has 45 heavy (non-hydrogen) atoms. The molecule has 4 rings (SSSR count). The molecule has 0 saturated heterocycles. The van der Waals surface area contributed by atoms with Crippen molar-refractivity contribution >= 4 is 51.4 Å². The predicted octanol–water partition coefficient (Wildman–Crippen LogP) is 6.57. The molecule has 3 aromatic rings. The normalized spacial score (nSPS) is 11.8. The number of ether oxygens (including phenoxy) is 4. The Morgan fingerprint density at radius 2 is 0.889 bits per heavy atom. The van der Waals surface area contributed by atoms with Crippen molar-refractivity contribution < 1.29 is 28.5 Å². The van der Waals surface area contributed by atoms with Gasteiger partial charge in [0, 0.05) is 42.3 Å². The minimum atomic E-state index is -0.0956. The Bertz CT molecular complexity index is 1430. The lowest BCUT2D eigenvalue weighted by atomic mass is 9.94. The average Bonchev–Trinajstić information content (AvgIpc) is 3.05. The molecule has 0 aromatic heterocycles. The van der Waals surface area contributed by atoms with Crippen LogP contribution < -0.4 is 18.9 Å². The van der Waals surface area contributed by atoms with Crippen molar-refractivity contribution in [1.82, 2.24) is 14.7 Å². The zero-order valence-electron chi connectivity index (χ0n) is 27.1. The van der Waals surface area contributed by atoms with Crippen molar-refractivity contribution in [2.24, 2.45) is 0 Å². The van der Waals surface area contributed by atoms with Crippen LogP contribution in [0.1, 0.15) is 33.4 Å². The minimum absolute atomic E-state index is 0.0956. The highest BCUT2D eigenvalue weighted by Gasteiger charge is 2.24. The Labute approximate surface area is 279 Å². The Morgan fingerprint density at radius 1 is 0.556 bits per heavy atom. The van der Waals surface area contributed by atoms with Gasteiger partial charge in [-0.2, -0.15) is 0 Å². The third-order valence-corrected chi connectivity index (χ3v) is 9.89. The van der Waals surface area contributed by atoms with Crippen molar-refractivity contribution in [3.63, 3.8) is 0 Å². The number of rotatable bonds is 6. The van der Waals surface area contributed by atoms with Crippen molar-refractivity contribution in [2.45, 2.75) is 29.1 Å². The molecular weight excluding hydrogens is 631 g/mol. The predicted molar refractivity (Wildman–Crippen MR) is 184 cm³/mol. The summed E-state index contributed by atoms with van der Waals surface area (Å²) in [5.41, 5.74) is 6.28. The standard InChI is InChI=1S/C33H39N3O6S3/c1-34(2)31(37)44-29-17-23-11-19-13-25(39-7)26(42-33(43)36(5)6)14-20(19)10-21-15-27(40-8)30(45-32(38)35(3)4)18-24(21)12-22(23)16-28(29)41-9/h13-18H,10-12H2,1-9H3. The number of hydrogen-bond acceptors (Lipinski definition) is 9. The summed E-state index contributed by atoms with van der Waals surface area (Å²) in [6.45, 7) is 0. The minimum Gasteiger partial charge on any atom is -0.496 e. The van der Waals surface area contributed by atoms with Crippen molar-refractivity contribution in [2.75, 3.05) is 63.6 Å². The van der Waals surface area contributed by atoms with Crippen LogP contribution in [0.5, 0.6) is 23.0 Å². The summed E-state index contributed by atoms with van der Waals surface area (Å²) in [7, 11) is 15.4. The maximum absolute atomic E-state index is 12.7. The van der Waals surface area contributed by atoms with E-state index >= 15 is 0 Å². The quantitative estimate of drug-likeness (QED) is 0.166. The number of carbonyl (C=O) groups excluding carboxylic acids is 2. The molecule has 0 radical (unpaired) electrons. The molecule has 1 aliphatic rings. The number of hydrogen-bond donors (Lipinski definition) is 0. The third kappa shape index (κ3) is 7.98. The van der Waals surface area contributed by atoms with Crippen LogP contribution in [0.3, 0.4) is 0 Å². The summed E-state index contributed by atoms with van der Waals surface area (Å²) >= 11 is 7.72. The zero-order chi connectivity index (χ0) is 33.0. The van der Waals surface area contributed by atoms with Crippen molar-refractivity contribution in [1.29, 1.82) is 0 Å². The number of methoxy groups -OCH3 is 3. The first kappa shape index (κ1) is 34.3. The first-order valence-corrected chi connectivity index (χ1v) is 16.2. The van der Waals surface area contributed by atoms with E-state index in [1.165, 1.54) is 0 Å². The fourth-order valence-corrected chi connectivity index (χ4v) is 6.53. The van der Waals surface area contributed by atoms with Gasteiger partial charge in [-0.05, 0) is 125 Å². The van der Waals surface area contributed by atoms with Gasteiger partial charge in [0.25, 0.3) is 15.7 Å². The lowest BCUT2D eigenvalue weighted by Crippen LogP contribution is -2.25. The highest BCUT2D eigenvalue weighted by molar-refractivity contribution is 8.13. The van der Waals surface area contributed by atoms with Crippen LogP contribution in [0.15, 0.2) is 46.2 Å². The number of nitrogens with zero attached hydrogens (tertiary/aromatic N) is 3. The van der Waals surface area contributed by atoms with Crippen LogP contribution in [0, 0.1) is 0 Å². The second-order valence-corrected chi connectivity index (χ2v) is 13.5. The Hall–Kier alpha value is -3.61. The van der Waals surface area contributed by atoms with Gasteiger partial charge in [-0.1, -0.05) is 0 Å². The van der Waals surface area contributed by atoms with Crippen molar-refractivity contribution in [3.8, 4) is 23.0 Å². The molecule has 0 spiro atoms. The van der Waals surface area contributed by atoms with Crippen LogP contribution in [0.2, 0.25) is 0 Å². The number of thiocarbonyl (C=S) groups is 1. The van der Waals surface area contributed by atoms with Gasteiger partial charge in [0.15, 0.2) is 11.5 Å². The maximum Gasteiger partial charge on any atom is 0.286 e. The Balaban J connectivity index is 1.96. The van der Waals surface area contributed by atoms with Gasteiger partial charge in [0.1, 0.15) is 11.5 Å². The summed E-state index contributed by atoms with van der Waals surface area (Å²) in [6.07, 6.45) is 1.74. The lowest BCUT2D eigenvalue weighted by molar-refractivity contribution is 0.240. The summed E-state index contributed by atoms with van der Waals surface area (Å²) in [5, 5.41) is 0.124. The van der Waals surface area contributed by atoms with E-state index in [4.69, 9.17) is 31.2 Å². The van der Waals surface area contributed by atoms with E-state index in [0.29, 0.717) is 47.4 Å². The summed E-state index contributed by atoms with van der Waals surface area (Å²) in [4.78, 5) is 31.7. The molecule has 0 unspecified atom stereocenters. The van der Waals surface area contributed by atoms with Gasteiger partial charge in [-0.25, -0.2) is 0 Å². The molecule has 0 fully saturated rings. The molecule has 1 aliphatic carbocycles.